The van der Waals surface area contributed by atoms with Gasteiger partial charge in [0.25, 0.3) is 0 Å². The van der Waals surface area contributed by atoms with Crippen LogP contribution in [0.5, 0.6) is 0 Å². The average Bonchev–Trinajstić information content (AvgIpc) is 3.22. The largest absolute Gasteiger partial charge is 0.391 e. The number of aliphatic hydroxyl groups is 1. The van der Waals surface area contributed by atoms with Crippen LogP contribution in [0.15, 0.2) is 36.4 Å². The van der Waals surface area contributed by atoms with E-state index in [1.807, 2.05) is 29.2 Å². The predicted molar refractivity (Wildman–Crippen MR) is 113 cm³/mol. The molecule has 2 aliphatic rings. The van der Waals surface area contributed by atoms with Crippen molar-refractivity contribution in [2.45, 2.75) is 37.8 Å². The highest BCUT2D eigenvalue weighted by Crippen LogP contribution is 2.36. The van der Waals surface area contributed by atoms with Crippen LogP contribution in [-0.4, -0.2) is 35.2 Å². The van der Waals surface area contributed by atoms with E-state index in [-0.39, 0.29) is 12.1 Å². The van der Waals surface area contributed by atoms with E-state index < -0.39 is 6.10 Å². The van der Waals surface area contributed by atoms with Crippen LogP contribution < -0.4 is 10.6 Å². The number of nitrogens with zero attached hydrogens (tertiary/aromatic N) is 1. The Bertz CT molecular complexity index is 884. The van der Waals surface area contributed by atoms with Crippen molar-refractivity contribution < 1.29 is 9.90 Å². The minimum absolute atomic E-state index is 0.0669. The van der Waals surface area contributed by atoms with E-state index in [9.17, 15) is 9.90 Å². The van der Waals surface area contributed by atoms with Crippen LogP contribution in [-0.2, 0) is 6.42 Å². The number of aryl methyl sites for hydroxylation is 1. The number of hydrogen-bond donors (Lipinski definition) is 3. The summed E-state index contributed by atoms with van der Waals surface area (Å²) in [7, 11) is 0. The minimum atomic E-state index is -0.536. The summed E-state index contributed by atoms with van der Waals surface area (Å²) in [6, 6.07) is 10.9. The Morgan fingerprint density at radius 1 is 1.04 bits per heavy atom. The lowest BCUT2D eigenvalue weighted by Crippen LogP contribution is -2.33. The Labute approximate surface area is 174 Å². The Hall–Kier alpha value is -1.95. The summed E-state index contributed by atoms with van der Waals surface area (Å²) >= 11 is 12.1. The lowest BCUT2D eigenvalue weighted by Gasteiger charge is -2.32. The van der Waals surface area contributed by atoms with Crippen molar-refractivity contribution in [2.75, 3.05) is 23.7 Å². The number of anilines is 2. The van der Waals surface area contributed by atoms with E-state index in [1.165, 1.54) is 5.56 Å². The Morgan fingerprint density at radius 3 is 2.54 bits per heavy atom. The number of benzene rings is 2. The summed E-state index contributed by atoms with van der Waals surface area (Å²) < 4.78 is 0. The van der Waals surface area contributed by atoms with Gasteiger partial charge < -0.3 is 20.6 Å². The van der Waals surface area contributed by atoms with E-state index in [1.54, 1.807) is 12.1 Å². The molecule has 1 heterocycles. The quantitative estimate of drug-likeness (QED) is 0.649. The van der Waals surface area contributed by atoms with Crippen LogP contribution in [0.2, 0.25) is 10.0 Å². The molecular weight excluding hydrogens is 397 g/mol. The molecule has 2 aromatic carbocycles. The van der Waals surface area contributed by atoms with Crippen molar-refractivity contribution >= 4 is 40.6 Å². The zero-order valence-electron chi connectivity index (χ0n) is 15.4. The van der Waals surface area contributed by atoms with E-state index >= 15 is 0 Å². The monoisotopic (exact) mass is 419 g/mol. The second-order valence-corrected chi connectivity index (χ2v) is 8.21. The Morgan fingerprint density at radius 2 is 1.79 bits per heavy atom. The maximum absolute atomic E-state index is 12.4. The van der Waals surface area contributed by atoms with E-state index in [4.69, 9.17) is 23.2 Å². The fraction of sp³-hybridized carbons (Fsp3) is 0.381. The molecule has 2 aromatic rings. The SMILES string of the molecule is O=C(Nc1ccc2c(c1)[C@@H](Nc1ccc(Cl)c(Cl)c1)[C@H](O)CC2)N1CCCC1. The second-order valence-electron chi connectivity index (χ2n) is 7.39. The van der Waals surface area contributed by atoms with E-state index in [0.29, 0.717) is 16.5 Å². The molecule has 0 unspecified atom stereocenters. The first-order valence-corrected chi connectivity index (χ1v) is 10.4. The number of urea groups is 1. The second kappa shape index (κ2) is 8.19. The number of carbonyl (C=O) groups is 1. The van der Waals surface area contributed by atoms with Crippen LogP contribution in [0.3, 0.4) is 0 Å². The molecular formula is C21H23Cl2N3O2. The molecule has 2 atom stereocenters. The fourth-order valence-electron chi connectivity index (χ4n) is 3.93. The minimum Gasteiger partial charge on any atom is -0.391 e. The zero-order valence-corrected chi connectivity index (χ0v) is 16.9. The highest BCUT2D eigenvalue weighted by Gasteiger charge is 2.29. The lowest BCUT2D eigenvalue weighted by molar-refractivity contribution is 0.135. The third kappa shape index (κ3) is 4.07. The van der Waals surface area contributed by atoms with Crippen molar-refractivity contribution in [3.8, 4) is 0 Å². The van der Waals surface area contributed by atoms with Crippen molar-refractivity contribution in [3.63, 3.8) is 0 Å². The molecule has 0 radical (unpaired) electrons. The molecule has 0 saturated carbocycles. The number of rotatable bonds is 3. The van der Waals surface area contributed by atoms with Gasteiger partial charge in [0.2, 0.25) is 0 Å². The van der Waals surface area contributed by atoms with Gasteiger partial charge in [-0.3, -0.25) is 0 Å². The number of halogens is 2. The van der Waals surface area contributed by atoms with Crippen molar-refractivity contribution in [3.05, 3.63) is 57.6 Å². The number of likely N-dealkylation sites (tertiary alicyclic amines) is 1. The molecule has 0 spiro atoms. The van der Waals surface area contributed by atoms with Gasteiger partial charge in [0.05, 0.1) is 22.2 Å². The molecule has 7 heteroatoms. The summed E-state index contributed by atoms with van der Waals surface area (Å²) in [5.74, 6) is 0. The van der Waals surface area contributed by atoms with Crippen LogP contribution in [0, 0.1) is 0 Å². The van der Waals surface area contributed by atoms with Crippen molar-refractivity contribution in [1.82, 2.24) is 4.90 Å². The number of carbonyl (C=O) groups excluding carboxylic acids is 1. The van der Waals surface area contributed by atoms with Crippen LogP contribution in [0.25, 0.3) is 0 Å². The fourth-order valence-corrected chi connectivity index (χ4v) is 4.23. The maximum Gasteiger partial charge on any atom is 0.321 e. The molecule has 0 bridgehead atoms. The van der Waals surface area contributed by atoms with Gasteiger partial charge >= 0.3 is 6.03 Å². The summed E-state index contributed by atoms with van der Waals surface area (Å²) in [5, 5.41) is 17.9. The molecule has 3 N–H and O–H groups in total. The summed E-state index contributed by atoms with van der Waals surface area (Å²) in [5.41, 5.74) is 3.69. The first-order valence-electron chi connectivity index (χ1n) is 9.59. The van der Waals surface area contributed by atoms with Gasteiger partial charge in [-0.2, -0.15) is 0 Å². The highest BCUT2D eigenvalue weighted by atomic mass is 35.5. The molecule has 2 amide bonds. The van der Waals surface area contributed by atoms with Gasteiger partial charge in [-0.1, -0.05) is 29.3 Å². The smallest absolute Gasteiger partial charge is 0.321 e. The van der Waals surface area contributed by atoms with E-state index in [0.717, 1.165) is 49.3 Å². The third-order valence-electron chi connectivity index (χ3n) is 5.46. The molecule has 148 valence electrons. The summed E-state index contributed by atoms with van der Waals surface area (Å²) in [4.78, 5) is 14.2. The molecule has 5 nitrogen and oxygen atoms in total. The Kier molecular flexibility index (Phi) is 5.67. The van der Waals surface area contributed by atoms with Gasteiger partial charge in [-0.05, 0) is 67.1 Å². The third-order valence-corrected chi connectivity index (χ3v) is 6.20. The molecule has 1 fully saturated rings. The van der Waals surface area contributed by atoms with E-state index in [2.05, 4.69) is 10.6 Å². The lowest BCUT2D eigenvalue weighted by atomic mass is 9.85. The molecule has 0 aromatic heterocycles. The molecule has 28 heavy (non-hydrogen) atoms. The normalized spacial score (nSPS) is 21.3. The van der Waals surface area contributed by atoms with Crippen molar-refractivity contribution in [2.24, 2.45) is 0 Å². The van der Waals surface area contributed by atoms with Gasteiger partial charge in [0.15, 0.2) is 0 Å². The predicted octanol–water partition coefficient (Wildman–Crippen LogP) is 5.08. The average molecular weight is 420 g/mol. The topological polar surface area (TPSA) is 64.6 Å². The van der Waals surface area contributed by atoms with Gasteiger partial charge in [0.1, 0.15) is 0 Å². The Balaban J connectivity index is 1.57. The first-order chi connectivity index (χ1) is 13.5. The molecule has 1 aliphatic carbocycles. The number of nitrogens with one attached hydrogen (secondary N) is 2. The van der Waals surface area contributed by atoms with Crippen LogP contribution in [0.1, 0.15) is 36.4 Å². The molecule has 1 saturated heterocycles. The van der Waals surface area contributed by atoms with Gasteiger partial charge in [0, 0.05) is 24.5 Å². The van der Waals surface area contributed by atoms with Gasteiger partial charge in [-0.25, -0.2) is 4.79 Å². The highest BCUT2D eigenvalue weighted by molar-refractivity contribution is 6.42. The van der Waals surface area contributed by atoms with Crippen LogP contribution >= 0.6 is 23.2 Å². The molecule has 1 aliphatic heterocycles. The summed E-state index contributed by atoms with van der Waals surface area (Å²) in [6.45, 7) is 1.61. The maximum atomic E-state index is 12.4. The summed E-state index contributed by atoms with van der Waals surface area (Å²) in [6.07, 6.45) is 3.05. The number of hydrogen-bond acceptors (Lipinski definition) is 3. The first kappa shape index (κ1) is 19.4. The molecule has 4 rings (SSSR count). The number of aliphatic hydroxyl groups excluding tert-OH is 1. The standard InChI is InChI=1S/C21H23Cl2N3O2/c22-17-7-6-15(12-18(17)23)24-20-16-11-14(5-3-13(16)4-8-19(20)27)25-21(28)26-9-1-2-10-26/h3,5-7,11-12,19-20,24,27H,1-2,4,8-10H2,(H,25,28)/t19-,20-/m1/s1. The van der Waals surface area contributed by atoms with Crippen LogP contribution in [0.4, 0.5) is 16.2 Å². The zero-order chi connectivity index (χ0) is 19.7. The number of amides is 2. The van der Waals surface area contributed by atoms with Gasteiger partial charge in [-0.15, -0.1) is 0 Å². The number of fused-ring (bicyclic) bond motifs is 1. The van der Waals surface area contributed by atoms with Crippen molar-refractivity contribution in [1.29, 1.82) is 0 Å².